The monoisotopic (exact) mass is 337 g/mol. The molecule has 0 bridgehead atoms. The van der Waals surface area contributed by atoms with Crippen LogP contribution in [0.5, 0.6) is 0 Å². The molecule has 5 nitrogen and oxygen atoms in total. The van der Waals surface area contributed by atoms with Gasteiger partial charge in [0.2, 0.25) is 18.2 Å². The first-order valence-corrected chi connectivity index (χ1v) is 8.06. The minimum absolute atomic E-state index is 0.0550. The SMILES string of the molecule is Cc1ccc(-c2nnco2)cc1NC(=O)[C@H]1C[C@@H]1c1ccccc1F. The summed E-state index contributed by atoms with van der Waals surface area (Å²) in [7, 11) is 0. The van der Waals surface area contributed by atoms with Gasteiger partial charge in [-0.2, -0.15) is 0 Å². The number of aromatic nitrogens is 2. The van der Waals surface area contributed by atoms with Gasteiger partial charge in [-0.15, -0.1) is 10.2 Å². The number of hydrogen-bond acceptors (Lipinski definition) is 4. The molecular formula is C19H16FN3O2. The molecule has 25 heavy (non-hydrogen) atoms. The molecule has 1 aliphatic carbocycles. The average molecular weight is 337 g/mol. The van der Waals surface area contributed by atoms with Crippen molar-refractivity contribution in [1.82, 2.24) is 10.2 Å². The van der Waals surface area contributed by atoms with E-state index in [0.29, 0.717) is 23.6 Å². The first kappa shape index (κ1) is 15.5. The lowest BCUT2D eigenvalue weighted by Gasteiger charge is -2.10. The van der Waals surface area contributed by atoms with Crippen molar-refractivity contribution in [2.24, 2.45) is 5.92 Å². The molecule has 1 fully saturated rings. The van der Waals surface area contributed by atoms with Crippen LogP contribution in [0.25, 0.3) is 11.5 Å². The van der Waals surface area contributed by atoms with Gasteiger partial charge in [0.05, 0.1) is 0 Å². The highest BCUT2D eigenvalue weighted by molar-refractivity contribution is 5.96. The zero-order valence-corrected chi connectivity index (χ0v) is 13.6. The number of rotatable bonds is 4. The van der Waals surface area contributed by atoms with Gasteiger partial charge in [-0.3, -0.25) is 4.79 Å². The van der Waals surface area contributed by atoms with Crippen molar-refractivity contribution in [2.45, 2.75) is 19.3 Å². The second kappa shape index (κ2) is 6.12. The van der Waals surface area contributed by atoms with E-state index in [1.165, 1.54) is 12.5 Å². The second-order valence-electron chi connectivity index (χ2n) is 6.23. The van der Waals surface area contributed by atoms with Gasteiger partial charge in [0.1, 0.15) is 5.82 Å². The molecule has 6 heteroatoms. The first-order valence-electron chi connectivity index (χ1n) is 8.06. The molecule has 2 aromatic carbocycles. The summed E-state index contributed by atoms with van der Waals surface area (Å²) in [4.78, 5) is 12.5. The Bertz CT molecular complexity index is 924. The lowest BCUT2D eigenvalue weighted by molar-refractivity contribution is -0.117. The van der Waals surface area contributed by atoms with Crippen LogP contribution in [0.1, 0.15) is 23.5 Å². The second-order valence-corrected chi connectivity index (χ2v) is 6.23. The van der Waals surface area contributed by atoms with Gasteiger partial charge in [-0.05, 0) is 48.6 Å². The van der Waals surface area contributed by atoms with E-state index in [1.54, 1.807) is 24.3 Å². The molecule has 2 atom stereocenters. The molecule has 126 valence electrons. The van der Waals surface area contributed by atoms with E-state index in [1.807, 2.05) is 19.1 Å². The Morgan fingerprint density at radius 1 is 1.28 bits per heavy atom. The van der Waals surface area contributed by atoms with Crippen molar-refractivity contribution < 1.29 is 13.6 Å². The predicted molar refractivity (Wildman–Crippen MR) is 90.3 cm³/mol. The zero-order valence-electron chi connectivity index (χ0n) is 13.6. The number of hydrogen-bond donors (Lipinski definition) is 1. The van der Waals surface area contributed by atoms with E-state index in [9.17, 15) is 9.18 Å². The Kier molecular flexibility index (Phi) is 3.80. The number of nitrogens with zero attached hydrogens (tertiary/aromatic N) is 2. The lowest BCUT2D eigenvalue weighted by atomic mass is 10.1. The van der Waals surface area contributed by atoms with Crippen molar-refractivity contribution in [3.05, 3.63) is 65.8 Å². The van der Waals surface area contributed by atoms with E-state index >= 15 is 0 Å². The van der Waals surface area contributed by atoms with Crippen molar-refractivity contribution in [3.63, 3.8) is 0 Å². The maximum atomic E-state index is 13.9. The summed E-state index contributed by atoms with van der Waals surface area (Å²) in [6.07, 6.45) is 1.92. The number of carbonyl (C=O) groups is 1. The Labute approximate surface area is 143 Å². The topological polar surface area (TPSA) is 68.0 Å². The quantitative estimate of drug-likeness (QED) is 0.783. The molecular weight excluding hydrogens is 321 g/mol. The fourth-order valence-electron chi connectivity index (χ4n) is 3.02. The molecule has 1 amide bonds. The number of halogens is 1. The van der Waals surface area contributed by atoms with Crippen molar-refractivity contribution in [1.29, 1.82) is 0 Å². The number of carbonyl (C=O) groups excluding carboxylic acids is 1. The molecule has 1 N–H and O–H groups in total. The summed E-state index contributed by atoms with van der Waals surface area (Å²) < 4.78 is 19.1. The Morgan fingerprint density at radius 2 is 2.12 bits per heavy atom. The fraction of sp³-hybridized carbons (Fsp3) is 0.211. The van der Waals surface area contributed by atoms with E-state index in [2.05, 4.69) is 15.5 Å². The van der Waals surface area contributed by atoms with Crippen LogP contribution in [0.3, 0.4) is 0 Å². The third-order valence-corrected chi connectivity index (χ3v) is 4.53. The van der Waals surface area contributed by atoms with Gasteiger partial charge in [0.15, 0.2) is 0 Å². The highest BCUT2D eigenvalue weighted by atomic mass is 19.1. The van der Waals surface area contributed by atoms with Gasteiger partial charge in [0.25, 0.3) is 0 Å². The number of benzene rings is 2. The Hall–Kier alpha value is -3.02. The van der Waals surface area contributed by atoms with Crippen LogP contribution in [0, 0.1) is 18.7 Å². The van der Waals surface area contributed by atoms with E-state index < -0.39 is 0 Å². The average Bonchev–Trinajstić information content (AvgIpc) is 3.21. The number of anilines is 1. The standard InChI is InChI=1S/C19H16FN3O2/c1-11-6-7-12(19-23-21-10-25-19)8-17(11)22-18(24)15-9-14(15)13-4-2-3-5-16(13)20/h2-8,10,14-15H,9H2,1H3,(H,22,24)/t14-,15+/m1/s1. The largest absolute Gasteiger partial charge is 0.423 e. The van der Waals surface area contributed by atoms with E-state index in [-0.39, 0.29) is 23.6 Å². The zero-order chi connectivity index (χ0) is 17.4. The summed E-state index contributed by atoms with van der Waals surface area (Å²) in [5, 5.41) is 10.5. The van der Waals surface area contributed by atoms with Crippen LogP contribution >= 0.6 is 0 Å². The van der Waals surface area contributed by atoms with Gasteiger partial charge < -0.3 is 9.73 Å². The summed E-state index contributed by atoms with van der Waals surface area (Å²) in [6, 6.07) is 12.2. The Morgan fingerprint density at radius 3 is 2.88 bits per heavy atom. The summed E-state index contributed by atoms with van der Waals surface area (Å²) >= 11 is 0. The van der Waals surface area contributed by atoms with Crippen LogP contribution < -0.4 is 5.32 Å². The number of nitrogens with one attached hydrogen (secondary N) is 1. The third-order valence-electron chi connectivity index (χ3n) is 4.53. The van der Waals surface area contributed by atoms with Crippen LogP contribution in [0.4, 0.5) is 10.1 Å². The number of aryl methyl sites for hydroxylation is 1. The van der Waals surface area contributed by atoms with Crippen LogP contribution in [0.2, 0.25) is 0 Å². The minimum atomic E-state index is -0.252. The molecule has 0 unspecified atom stereocenters. The van der Waals surface area contributed by atoms with Crippen LogP contribution in [-0.4, -0.2) is 16.1 Å². The Balaban J connectivity index is 1.50. The van der Waals surface area contributed by atoms with E-state index in [0.717, 1.165) is 11.1 Å². The molecule has 0 aliphatic heterocycles. The molecule has 3 aromatic rings. The van der Waals surface area contributed by atoms with Crippen LogP contribution in [0.15, 0.2) is 53.3 Å². The summed E-state index contributed by atoms with van der Waals surface area (Å²) in [6.45, 7) is 1.91. The van der Waals surface area contributed by atoms with Gasteiger partial charge in [-0.1, -0.05) is 24.3 Å². The van der Waals surface area contributed by atoms with Crippen molar-refractivity contribution in [2.75, 3.05) is 5.32 Å². The van der Waals surface area contributed by atoms with Crippen LogP contribution in [-0.2, 0) is 4.79 Å². The molecule has 1 heterocycles. The summed E-state index contributed by atoms with van der Waals surface area (Å²) in [5.41, 5.74) is 2.97. The predicted octanol–water partition coefficient (Wildman–Crippen LogP) is 3.93. The first-order chi connectivity index (χ1) is 12.1. The molecule has 4 rings (SSSR count). The van der Waals surface area contributed by atoms with Crippen molar-refractivity contribution >= 4 is 11.6 Å². The normalized spacial score (nSPS) is 18.8. The highest BCUT2D eigenvalue weighted by Crippen LogP contribution is 2.48. The number of amides is 1. The third kappa shape index (κ3) is 3.03. The molecule has 0 spiro atoms. The molecule has 1 aliphatic rings. The van der Waals surface area contributed by atoms with Gasteiger partial charge in [-0.25, -0.2) is 4.39 Å². The molecule has 0 radical (unpaired) electrons. The van der Waals surface area contributed by atoms with Gasteiger partial charge in [0, 0.05) is 17.2 Å². The summed E-state index contributed by atoms with van der Waals surface area (Å²) in [5.74, 6) is -0.216. The molecule has 0 saturated heterocycles. The van der Waals surface area contributed by atoms with E-state index in [4.69, 9.17) is 4.42 Å². The smallest absolute Gasteiger partial charge is 0.247 e. The minimum Gasteiger partial charge on any atom is -0.423 e. The molecule has 1 aromatic heterocycles. The fourth-order valence-corrected chi connectivity index (χ4v) is 3.02. The van der Waals surface area contributed by atoms with Gasteiger partial charge >= 0.3 is 0 Å². The maximum Gasteiger partial charge on any atom is 0.247 e. The van der Waals surface area contributed by atoms with Crippen molar-refractivity contribution in [3.8, 4) is 11.5 Å². The highest BCUT2D eigenvalue weighted by Gasteiger charge is 2.45. The molecule has 1 saturated carbocycles. The lowest BCUT2D eigenvalue weighted by Crippen LogP contribution is -2.15. The maximum absolute atomic E-state index is 13.9.